The maximum atomic E-state index is 8.96. The molecule has 0 aliphatic rings. The van der Waals surface area contributed by atoms with Crippen molar-refractivity contribution < 1.29 is 0 Å². The number of nitrogens with two attached hydrogens (primary N) is 1. The molecule has 0 unspecified atom stereocenters. The fourth-order valence-corrected chi connectivity index (χ4v) is 2.50. The Morgan fingerprint density at radius 1 is 1.25 bits per heavy atom. The summed E-state index contributed by atoms with van der Waals surface area (Å²) in [5.74, 6) is 0. The lowest BCUT2D eigenvalue weighted by atomic mass is 10.1. The second kappa shape index (κ2) is 6.44. The van der Waals surface area contributed by atoms with Gasteiger partial charge in [-0.2, -0.15) is 5.26 Å². The van der Waals surface area contributed by atoms with E-state index in [0.717, 1.165) is 23.1 Å². The van der Waals surface area contributed by atoms with Crippen LogP contribution in [0.25, 0.3) is 0 Å². The molecule has 102 valence electrons. The SMILES string of the molecule is CN(CCc1cccc(Br)c1)c1cc(C#N)ccc1N. The van der Waals surface area contributed by atoms with Gasteiger partial charge in [0, 0.05) is 18.1 Å². The highest BCUT2D eigenvalue weighted by molar-refractivity contribution is 9.10. The third-order valence-corrected chi connectivity index (χ3v) is 3.69. The number of nitrogens with zero attached hydrogens (tertiary/aromatic N) is 2. The van der Waals surface area contributed by atoms with Crippen molar-refractivity contribution in [2.24, 2.45) is 0 Å². The third kappa shape index (κ3) is 3.52. The van der Waals surface area contributed by atoms with Gasteiger partial charge in [-0.15, -0.1) is 0 Å². The van der Waals surface area contributed by atoms with Crippen LogP contribution in [-0.2, 0) is 6.42 Å². The van der Waals surface area contributed by atoms with Crippen LogP contribution in [0.4, 0.5) is 11.4 Å². The van der Waals surface area contributed by atoms with E-state index in [0.29, 0.717) is 11.3 Å². The number of hydrogen-bond acceptors (Lipinski definition) is 3. The van der Waals surface area contributed by atoms with E-state index in [1.807, 2.05) is 25.2 Å². The van der Waals surface area contributed by atoms with Crippen LogP contribution in [0, 0.1) is 11.3 Å². The summed E-state index contributed by atoms with van der Waals surface area (Å²) in [6, 6.07) is 15.8. The minimum atomic E-state index is 0.628. The van der Waals surface area contributed by atoms with Crippen molar-refractivity contribution in [3.8, 4) is 6.07 Å². The van der Waals surface area contributed by atoms with Crippen molar-refractivity contribution in [1.29, 1.82) is 5.26 Å². The smallest absolute Gasteiger partial charge is 0.0992 e. The van der Waals surface area contributed by atoms with Gasteiger partial charge in [-0.05, 0) is 42.3 Å². The van der Waals surface area contributed by atoms with E-state index in [2.05, 4.69) is 39.0 Å². The molecule has 0 aliphatic carbocycles. The first-order valence-electron chi connectivity index (χ1n) is 6.35. The van der Waals surface area contributed by atoms with Crippen LogP contribution in [0.15, 0.2) is 46.9 Å². The molecule has 0 aromatic heterocycles. The highest BCUT2D eigenvalue weighted by atomic mass is 79.9. The Balaban J connectivity index is 2.09. The van der Waals surface area contributed by atoms with E-state index < -0.39 is 0 Å². The first-order chi connectivity index (χ1) is 9.60. The van der Waals surface area contributed by atoms with E-state index in [1.54, 1.807) is 12.1 Å². The molecule has 20 heavy (non-hydrogen) atoms. The predicted molar refractivity (Wildman–Crippen MR) is 86.7 cm³/mol. The molecular weight excluding hydrogens is 314 g/mol. The number of benzene rings is 2. The second-order valence-electron chi connectivity index (χ2n) is 4.69. The highest BCUT2D eigenvalue weighted by Crippen LogP contribution is 2.23. The minimum Gasteiger partial charge on any atom is -0.397 e. The fourth-order valence-electron chi connectivity index (χ4n) is 2.05. The summed E-state index contributed by atoms with van der Waals surface area (Å²) in [6.07, 6.45) is 0.923. The first-order valence-corrected chi connectivity index (χ1v) is 7.14. The van der Waals surface area contributed by atoms with Gasteiger partial charge in [0.1, 0.15) is 0 Å². The van der Waals surface area contributed by atoms with Crippen LogP contribution >= 0.6 is 15.9 Å². The normalized spacial score (nSPS) is 10.1. The van der Waals surface area contributed by atoms with Gasteiger partial charge < -0.3 is 10.6 Å². The molecule has 3 nitrogen and oxygen atoms in total. The lowest BCUT2D eigenvalue weighted by Crippen LogP contribution is -2.21. The lowest BCUT2D eigenvalue weighted by Gasteiger charge is -2.21. The number of nitriles is 1. The van der Waals surface area contributed by atoms with E-state index in [1.165, 1.54) is 5.56 Å². The predicted octanol–water partition coefficient (Wildman–Crippen LogP) is 3.58. The second-order valence-corrected chi connectivity index (χ2v) is 5.60. The summed E-state index contributed by atoms with van der Waals surface area (Å²) in [5.41, 5.74) is 9.47. The molecule has 0 saturated carbocycles. The van der Waals surface area contributed by atoms with Gasteiger partial charge in [0.15, 0.2) is 0 Å². The monoisotopic (exact) mass is 329 g/mol. The van der Waals surface area contributed by atoms with Gasteiger partial charge in [-0.25, -0.2) is 0 Å². The molecule has 0 heterocycles. The topological polar surface area (TPSA) is 53.0 Å². The van der Waals surface area contributed by atoms with Gasteiger partial charge >= 0.3 is 0 Å². The van der Waals surface area contributed by atoms with E-state index in [9.17, 15) is 0 Å². The largest absolute Gasteiger partial charge is 0.397 e. The lowest BCUT2D eigenvalue weighted by molar-refractivity contribution is 0.877. The van der Waals surface area contributed by atoms with Gasteiger partial charge in [0.25, 0.3) is 0 Å². The number of nitrogen functional groups attached to an aromatic ring is 1. The number of rotatable bonds is 4. The van der Waals surface area contributed by atoms with Crippen molar-refractivity contribution >= 4 is 27.3 Å². The number of hydrogen-bond donors (Lipinski definition) is 1. The molecule has 2 rings (SSSR count). The van der Waals surface area contributed by atoms with Crippen molar-refractivity contribution in [2.45, 2.75) is 6.42 Å². The van der Waals surface area contributed by atoms with E-state index >= 15 is 0 Å². The maximum absolute atomic E-state index is 8.96. The minimum absolute atomic E-state index is 0.628. The Labute approximate surface area is 127 Å². The zero-order chi connectivity index (χ0) is 14.5. The number of halogens is 1. The highest BCUT2D eigenvalue weighted by Gasteiger charge is 2.07. The molecule has 0 fully saturated rings. The summed E-state index contributed by atoms with van der Waals surface area (Å²) >= 11 is 3.47. The molecule has 4 heteroatoms. The molecule has 0 spiro atoms. The average Bonchev–Trinajstić information content (AvgIpc) is 2.45. The van der Waals surface area contributed by atoms with Crippen LogP contribution in [-0.4, -0.2) is 13.6 Å². The van der Waals surface area contributed by atoms with Crippen molar-refractivity contribution in [2.75, 3.05) is 24.2 Å². The molecule has 0 radical (unpaired) electrons. The molecule has 0 amide bonds. The maximum Gasteiger partial charge on any atom is 0.0992 e. The zero-order valence-electron chi connectivity index (χ0n) is 11.3. The Morgan fingerprint density at radius 3 is 2.75 bits per heavy atom. The van der Waals surface area contributed by atoms with E-state index in [4.69, 9.17) is 11.0 Å². The third-order valence-electron chi connectivity index (χ3n) is 3.20. The van der Waals surface area contributed by atoms with Crippen LogP contribution in [0.3, 0.4) is 0 Å². The fraction of sp³-hybridized carbons (Fsp3) is 0.188. The quantitative estimate of drug-likeness (QED) is 0.872. The Bertz CT molecular complexity index is 646. The Hall–Kier alpha value is -1.99. The van der Waals surface area contributed by atoms with Gasteiger partial charge in [0.2, 0.25) is 0 Å². The van der Waals surface area contributed by atoms with Crippen molar-refractivity contribution in [3.63, 3.8) is 0 Å². The first kappa shape index (κ1) is 14.4. The summed E-state index contributed by atoms with van der Waals surface area (Å²) in [7, 11) is 1.99. The average molecular weight is 330 g/mol. The van der Waals surface area contributed by atoms with Gasteiger partial charge in [0.05, 0.1) is 23.0 Å². The Morgan fingerprint density at radius 2 is 2.05 bits per heavy atom. The molecule has 0 saturated heterocycles. The standard InChI is InChI=1S/C16H16BrN3/c1-20(8-7-12-3-2-4-14(17)9-12)16-10-13(11-18)5-6-15(16)19/h2-6,9-10H,7-8,19H2,1H3. The van der Waals surface area contributed by atoms with Gasteiger partial charge in [-0.1, -0.05) is 28.1 Å². The molecule has 2 aromatic carbocycles. The summed E-state index contributed by atoms with van der Waals surface area (Å²) in [6.45, 7) is 0.843. The summed E-state index contributed by atoms with van der Waals surface area (Å²) in [5, 5.41) is 8.96. The van der Waals surface area contributed by atoms with E-state index in [-0.39, 0.29) is 0 Å². The molecule has 0 atom stereocenters. The van der Waals surface area contributed by atoms with Crippen LogP contribution in [0.5, 0.6) is 0 Å². The molecule has 0 aliphatic heterocycles. The molecule has 2 aromatic rings. The molecule has 0 bridgehead atoms. The number of anilines is 2. The van der Waals surface area contributed by atoms with Crippen molar-refractivity contribution in [3.05, 3.63) is 58.1 Å². The zero-order valence-corrected chi connectivity index (χ0v) is 12.9. The van der Waals surface area contributed by atoms with Gasteiger partial charge in [-0.3, -0.25) is 0 Å². The summed E-state index contributed by atoms with van der Waals surface area (Å²) < 4.78 is 1.09. The Kier molecular flexibility index (Phi) is 4.65. The van der Waals surface area contributed by atoms with Crippen molar-refractivity contribution in [1.82, 2.24) is 0 Å². The molecule has 2 N–H and O–H groups in total. The van der Waals surface area contributed by atoms with Crippen LogP contribution in [0.2, 0.25) is 0 Å². The number of likely N-dealkylation sites (N-methyl/N-ethyl adjacent to an activating group) is 1. The van der Waals surface area contributed by atoms with Crippen LogP contribution in [0.1, 0.15) is 11.1 Å². The molecular formula is C16H16BrN3. The summed E-state index contributed by atoms with van der Waals surface area (Å²) in [4.78, 5) is 2.08. The van der Waals surface area contributed by atoms with Crippen LogP contribution < -0.4 is 10.6 Å².